The maximum absolute atomic E-state index is 6.72. The second-order valence-electron chi connectivity index (χ2n) is 12.7. The van der Waals surface area contributed by atoms with Crippen LogP contribution in [0.1, 0.15) is 0 Å². The van der Waals surface area contributed by atoms with Crippen molar-refractivity contribution in [3.8, 4) is 45.3 Å². The van der Waals surface area contributed by atoms with E-state index in [2.05, 4.69) is 60.7 Å². The van der Waals surface area contributed by atoms with Gasteiger partial charge in [-0.25, -0.2) is 15.0 Å². The number of rotatable bonds is 4. The highest BCUT2D eigenvalue weighted by molar-refractivity contribution is 6.18. The van der Waals surface area contributed by atoms with Gasteiger partial charge < -0.3 is 13.3 Å². The van der Waals surface area contributed by atoms with Crippen molar-refractivity contribution in [2.75, 3.05) is 0 Å². The lowest BCUT2D eigenvalue weighted by Crippen LogP contribution is -2.00. The number of hydrogen-bond donors (Lipinski definition) is 0. The van der Waals surface area contributed by atoms with Crippen LogP contribution in [0, 0.1) is 0 Å². The van der Waals surface area contributed by atoms with Crippen LogP contribution < -0.4 is 0 Å². The molecule has 0 atom stereocenters. The van der Waals surface area contributed by atoms with E-state index in [4.69, 9.17) is 28.2 Å². The van der Waals surface area contributed by atoms with Gasteiger partial charge in [-0.1, -0.05) is 127 Å². The molecule has 6 nitrogen and oxygen atoms in total. The molecule has 0 unspecified atom stereocenters. The summed E-state index contributed by atoms with van der Waals surface area (Å²) in [5.41, 5.74) is 9.39. The Morgan fingerprint density at radius 2 is 0.745 bits per heavy atom. The number of para-hydroxylation sites is 4. The van der Waals surface area contributed by atoms with Crippen LogP contribution in [-0.4, -0.2) is 15.0 Å². The largest absolute Gasteiger partial charge is 0.456 e. The summed E-state index contributed by atoms with van der Waals surface area (Å²) in [5, 5.41) is 6.06. The van der Waals surface area contributed by atoms with Crippen molar-refractivity contribution in [2.24, 2.45) is 0 Å². The smallest absolute Gasteiger partial charge is 0.164 e. The fourth-order valence-electron chi connectivity index (χ4n) is 7.50. The van der Waals surface area contributed by atoms with Gasteiger partial charge in [0.1, 0.15) is 33.5 Å². The summed E-state index contributed by atoms with van der Waals surface area (Å²) in [6.07, 6.45) is 0. The summed E-state index contributed by atoms with van der Waals surface area (Å²) in [7, 11) is 0. The molecule has 7 aromatic carbocycles. The van der Waals surface area contributed by atoms with Gasteiger partial charge in [0, 0.05) is 60.1 Å². The van der Waals surface area contributed by atoms with Crippen LogP contribution in [0.15, 0.2) is 165 Å². The zero-order chi connectivity index (χ0) is 33.5. The summed E-state index contributed by atoms with van der Waals surface area (Å²) >= 11 is 0. The van der Waals surface area contributed by atoms with Crippen molar-refractivity contribution in [3.63, 3.8) is 0 Å². The van der Waals surface area contributed by atoms with E-state index in [-0.39, 0.29) is 0 Å². The number of aromatic nitrogens is 3. The van der Waals surface area contributed by atoms with E-state index in [0.29, 0.717) is 17.5 Å². The first-order valence-corrected chi connectivity index (χ1v) is 16.9. The second-order valence-corrected chi connectivity index (χ2v) is 12.7. The van der Waals surface area contributed by atoms with Gasteiger partial charge in [-0.05, 0) is 24.3 Å². The zero-order valence-electron chi connectivity index (χ0n) is 27.0. The number of fused-ring (bicyclic) bond motifs is 9. The van der Waals surface area contributed by atoms with Crippen LogP contribution in [0.3, 0.4) is 0 Å². The van der Waals surface area contributed by atoms with Gasteiger partial charge >= 0.3 is 0 Å². The zero-order valence-corrected chi connectivity index (χ0v) is 27.0. The molecule has 11 aromatic rings. The molecule has 0 aliphatic heterocycles. The van der Waals surface area contributed by atoms with E-state index >= 15 is 0 Å². The molecule has 0 saturated heterocycles. The quantitative estimate of drug-likeness (QED) is 0.188. The average molecular weight is 656 g/mol. The average Bonchev–Trinajstić information content (AvgIpc) is 3.89. The van der Waals surface area contributed by atoms with Gasteiger partial charge in [-0.2, -0.15) is 0 Å². The lowest BCUT2D eigenvalue weighted by atomic mass is 9.98. The third kappa shape index (κ3) is 4.20. The Labute approximate surface area is 290 Å². The summed E-state index contributed by atoms with van der Waals surface area (Å²) in [6.45, 7) is 0. The van der Waals surface area contributed by atoms with Crippen molar-refractivity contribution in [2.45, 2.75) is 0 Å². The predicted octanol–water partition coefficient (Wildman–Crippen LogP) is 12.2. The molecule has 6 heteroatoms. The molecule has 0 N–H and O–H groups in total. The summed E-state index contributed by atoms with van der Waals surface area (Å²) in [4.78, 5) is 15.4. The minimum absolute atomic E-state index is 0.557. The lowest BCUT2D eigenvalue weighted by Gasteiger charge is -2.10. The number of furan rings is 3. The Hall–Kier alpha value is -7.05. The van der Waals surface area contributed by atoms with Crippen LogP contribution in [0.2, 0.25) is 0 Å². The van der Waals surface area contributed by atoms with Crippen LogP contribution in [0.25, 0.3) is 111 Å². The molecule has 0 fully saturated rings. The fourth-order valence-corrected chi connectivity index (χ4v) is 7.50. The molecule has 11 rings (SSSR count). The van der Waals surface area contributed by atoms with Crippen LogP contribution in [-0.2, 0) is 0 Å². The van der Waals surface area contributed by atoms with Crippen LogP contribution in [0.4, 0.5) is 0 Å². The summed E-state index contributed by atoms with van der Waals surface area (Å²) < 4.78 is 19.4. The van der Waals surface area contributed by atoms with Gasteiger partial charge in [-0.15, -0.1) is 0 Å². The molecule has 0 bridgehead atoms. The van der Waals surface area contributed by atoms with Crippen molar-refractivity contribution >= 4 is 65.8 Å². The first kappa shape index (κ1) is 27.9. The minimum atomic E-state index is 0.557. The molecule has 0 radical (unpaired) electrons. The van der Waals surface area contributed by atoms with Crippen LogP contribution >= 0.6 is 0 Å². The highest BCUT2D eigenvalue weighted by Crippen LogP contribution is 2.43. The molecule has 0 amide bonds. The Balaban J connectivity index is 1.17. The molecule has 0 saturated carbocycles. The van der Waals surface area contributed by atoms with E-state index in [1.165, 1.54) is 0 Å². The molecule has 4 aromatic heterocycles. The minimum Gasteiger partial charge on any atom is -0.456 e. The second kappa shape index (κ2) is 10.7. The van der Waals surface area contributed by atoms with E-state index in [1.807, 2.05) is 91.0 Å². The van der Waals surface area contributed by atoms with Gasteiger partial charge in [-0.3, -0.25) is 0 Å². The Morgan fingerprint density at radius 1 is 0.294 bits per heavy atom. The Kier molecular flexibility index (Phi) is 5.86. The standard InChI is InChI=1S/C45H25N3O3/c1-2-12-26(13-3-1)43-46-44(33-20-10-24-37-39(33)31-15-5-7-23-36(31)49-37)48-45(47-43)34-21-11-25-38-40(34)32-19-9-18-30(42(32)51-38)29-17-8-16-28-27-14-4-6-22-35(27)50-41(28)29/h1-25H. The van der Waals surface area contributed by atoms with E-state index < -0.39 is 0 Å². The lowest BCUT2D eigenvalue weighted by molar-refractivity contribution is 0.665. The highest BCUT2D eigenvalue weighted by atomic mass is 16.3. The van der Waals surface area contributed by atoms with Crippen molar-refractivity contribution in [3.05, 3.63) is 152 Å². The van der Waals surface area contributed by atoms with Gasteiger partial charge in [0.2, 0.25) is 0 Å². The third-order valence-electron chi connectivity index (χ3n) is 9.77. The number of nitrogens with zero attached hydrogens (tertiary/aromatic N) is 3. The van der Waals surface area contributed by atoms with Crippen molar-refractivity contribution in [1.29, 1.82) is 0 Å². The molecule has 238 valence electrons. The molecular weight excluding hydrogens is 631 g/mol. The van der Waals surface area contributed by atoms with Gasteiger partial charge in [0.25, 0.3) is 0 Å². The Morgan fingerprint density at radius 3 is 1.47 bits per heavy atom. The topological polar surface area (TPSA) is 78.1 Å². The monoisotopic (exact) mass is 655 g/mol. The van der Waals surface area contributed by atoms with Crippen molar-refractivity contribution in [1.82, 2.24) is 15.0 Å². The molecule has 0 aliphatic carbocycles. The number of benzene rings is 7. The first-order valence-electron chi connectivity index (χ1n) is 16.9. The summed E-state index contributed by atoms with van der Waals surface area (Å²) in [6, 6.07) is 50.9. The van der Waals surface area contributed by atoms with E-state index in [9.17, 15) is 0 Å². The van der Waals surface area contributed by atoms with Crippen molar-refractivity contribution < 1.29 is 13.3 Å². The maximum atomic E-state index is 6.72. The molecule has 51 heavy (non-hydrogen) atoms. The maximum Gasteiger partial charge on any atom is 0.164 e. The Bertz CT molecular complexity index is 3150. The molecule has 0 aliphatic rings. The third-order valence-corrected chi connectivity index (χ3v) is 9.77. The SMILES string of the molecule is c1ccc(-c2nc(-c3cccc4oc5ccccc5c34)nc(-c3cccc4oc5c(-c6cccc7c6oc6ccccc67)cccc5c34)n2)cc1. The van der Waals surface area contributed by atoms with E-state index in [1.54, 1.807) is 0 Å². The molecule has 4 heterocycles. The molecular formula is C45H25N3O3. The van der Waals surface area contributed by atoms with Gasteiger partial charge in [0.15, 0.2) is 17.5 Å². The first-order chi connectivity index (χ1) is 25.3. The predicted molar refractivity (Wildman–Crippen MR) is 203 cm³/mol. The number of hydrogen-bond acceptors (Lipinski definition) is 6. The summed E-state index contributed by atoms with van der Waals surface area (Å²) in [5.74, 6) is 1.71. The molecule has 0 spiro atoms. The van der Waals surface area contributed by atoms with E-state index in [0.717, 1.165) is 93.6 Å². The highest BCUT2D eigenvalue weighted by Gasteiger charge is 2.22. The fraction of sp³-hybridized carbons (Fsp3) is 0. The van der Waals surface area contributed by atoms with Gasteiger partial charge in [0.05, 0.1) is 0 Å². The van der Waals surface area contributed by atoms with Crippen LogP contribution in [0.5, 0.6) is 0 Å². The normalized spacial score (nSPS) is 11.9.